The molecule has 3 aliphatic rings. The molecule has 2 heteroatoms. The van der Waals surface area contributed by atoms with Crippen LogP contribution in [0.2, 0.25) is 0 Å². The average molecular weight is 720 g/mol. The Labute approximate surface area is 329 Å². The Morgan fingerprint density at radius 3 is 1.45 bits per heavy atom. The van der Waals surface area contributed by atoms with E-state index in [4.69, 9.17) is 4.74 Å². The van der Waals surface area contributed by atoms with Gasteiger partial charge in [0.1, 0.15) is 11.5 Å². The fourth-order valence-corrected chi connectivity index (χ4v) is 9.87. The molecule has 268 valence electrons. The number of hydrogen-bond donors (Lipinski definition) is 0. The molecule has 8 aromatic rings. The molecule has 0 bridgehead atoms. The van der Waals surface area contributed by atoms with Crippen LogP contribution in [0.25, 0.3) is 55.6 Å². The number of benzene rings is 8. The highest BCUT2D eigenvalue weighted by Crippen LogP contribution is 2.55. The average Bonchev–Trinajstić information content (AvgIpc) is 3.53. The van der Waals surface area contributed by atoms with E-state index in [2.05, 4.69) is 209 Å². The molecule has 0 fully saturated rings. The van der Waals surface area contributed by atoms with Gasteiger partial charge in [-0.25, -0.2) is 0 Å². The summed E-state index contributed by atoms with van der Waals surface area (Å²) in [6.07, 6.45) is 0. The minimum atomic E-state index is -0.127. The fraction of sp³-hybridized carbons (Fsp3) is 0.111. The van der Waals surface area contributed by atoms with Gasteiger partial charge in [-0.1, -0.05) is 155 Å². The highest BCUT2D eigenvalue weighted by Gasteiger charge is 2.38. The number of anilines is 3. The third-order valence-electron chi connectivity index (χ3n) is 12.7. The minimum absolute atomic E-state index is 0.127. The Balaban J connectivity index is 1.12. The van der Waals surface area contributed by atoms with Crippen molar-refractivity contribution in [2.75, 3.05) is 4.90 Å². The molecule has 0 saturated carbocycles. The zero-order valence-electron chi connectivity index (χ0n) is 32.1. The van der Waals surface area contributed by atoms with E-state index in [-0.39, 0.29) is 10.8 Å². The Morgan fingerprint density at radius 1 is 0.339 bits per heavy atom. The number of fused-ring (bicyclic) bond motifs is 11. The van der Waals surface area contributed by atoms with Crippen LogP contribution >= 0.6 is 0 Å². The first-order valence-corrected chi connectivity index (χ1v) is 19.7. The van der Waals surface area contributed by atoms with Crippen molar-refractivity contribution in [1.82, 2.24) is 0 Å². The second kappa shape index (κ2) is 11.9. The normalized spacial score (nSPS) is 14.5. The third-order valence-corrected chi connectivity index (χ3v) is 12.7. The molecule has 2 nitrogen and oxygen atoms in total. The van der Waals surface area contributed by atoms with Crippen molar-refractivity contribution in [2.24, 2.45) is 0 Å². The van der Waals surface area contributed by atoms with Gasteiger partial charge in [-0.2, -0.15) is 0 Å². The summed E-state index contributed by atoms with van der Waals surface area (Å²) < 4.78 is 6.92. The summed E-state index contributed by atoms with van der Waals surface area (Å²) in [5, 5.41) is 0. The highest BCUT2D eigenvalue weighted by molar-refractivity contribution is 5.99. The Bertz CT molecular complexity index is 2790. The molecule has 2 aliphatic carbocycles. The van der Waals surface area contributed by atoms with Gasteiger partial charge in [-0.3, -0.25) is 0 Å². The van der Waals surface area contributed by atoms with Crippen LogP contribution in [-0.2, 0) is 10.8 Å². The molecule has 0 radical (unpaired) electrons. The Kier molecular flexibility index (Phi) is 6.98. The van der Waals surface area contributed by atoms with Crippen LogP contribution in [0.15, 0.2) is 176 Å². The summed E-state index contributed by atoms with van der Waals surface area (Å²) in [6, 6.07) is 64.5. The third kappa shape index (κ3) is 4.69. The van der Waals surface area contributed by atoms with Crippen LogP contribution in [0.4, 0.5) is 17.1 Å². The predicted octanol–water partition coefficient (Wildman–Crippen LogP) is 14.9. The van der Waals surface area contributed by atoms with Gasteiger partial charge in [-0.15, -0.1) is 0 Å². The van der Waals surface area contributed by atoms with E-state index in [1.807, 2.05) is 0 Å². The number of nitrogens with zero attached hydrogens (tertiary/aromatic N) is 1. The molecular formula is C54H41NO. The van der Waals surface area contributed by atoms with E-state index in [1.54, 1.807) is 0 Å². The molecule has 0 aromatic heterocycles. The van der Waals surface area contributed by atoms with Gasteiger partial charge in [0.2, 0.25) is 0 Å². The van der Waals surface area contributed by atoms with E-state index in [0.29, 0.717) is 0 Å². The van der Waals surface area contributed by atoms with Crippen LogP contribution in [0, 0.1) is 0 Å². The molecule has 0 N–H and O–H groups in total. The number of rotatable bonds is 4. The lowest BCUT2D eigenvalue weighted by atomic mass is 9.82. The summed E-state index contributed by atoms with van der Waals surface area (Å²) in [5.74, 6) is 1.71. The van der Waals surface area contributed by atoms with Crippen LogP contribution in [0.3, 0.4) is 0 Å². The second-order valence-corrected chi connectivity index (χ2v) is 16.5. The van der Waals surface area contributed by atoms with Gasteiger partial charge in [0.15, 0.2) is 0 Å². The van der Waals surface area contributed by atoms with Crippen molar-refractivity contribution in [2.45, 2.75) is 38.5 Å². The van der Waals surface area contributed by atoms with Crippen molar-refractivity contribution in [3.05, 3.63) is 198 Å². The maximum absolute atomic E-state index is 6.92. The molecule has 8 aromatic carbocycles. The standard InChI is InChI=1S/C54H41NO/c1-53(2)46-22-12-10-18-40(46)42-28-25-36(32-48(42)53)55(37-26-29-43-41-19-11-13-23-47(41)54(3,4)49(43)33-37)35-27-30-50-45(31-35)39-17-8-9-20-44(39)52-38(21-14-24-51(52)56-50)34-15-6-5-7-16-34/h5-33H,1-4H3. The lowest BCUT2D eigenvalue weighted by molar-refractivity contribution is 0.488. The molecule has 11 rings (SSSR count). The van der Waals surface area contributed by atoms with Gasteiger partial charge in [0, 0.05) is 39.0 Å². The molecule has 0 saturated heterocycles. The highest BCUT2D eigenvalue weighted by atomic mass is 16.5. The summed E-state index contributed by atoms with van der Waals surface area (Å²) in [5.41, 5.74) is 20.7. The first-order chi connectivity index (χ1) is 27.3. The second-order valence-electron chi connectivity index (χ2n) is 16.5. The van der Waals surface area contributed by atoms with Gasteiger partial charge in [0.25, 0.3) is 0 Å². The molecule has 1 aliphatic heterocycles. The summed E-state index contributed by atoms with van der Waals surface area (Å²) in [4.78, 5) is 2.45. The van der Waals surface area contributed by atoms with E-state index < -0.39 is 0 Å². The number of hydrogen-bond acceptors (Lipinski definition) is 2. The van der Waals surface area contributed by atoms with Gasteiger partial charge >= 0.3 is 0 Å². The van der Waals surface area contributed by atoms with E-state index in [9.17, 15) is 0 Å². The monoisotopic (exact) mass is 719 g/mol. The lowest BCUT2D eigenvalue weighted by Crippen LogP contribution is -2.18. The van der Waals surface area contributed by atoms with Crippen molar-refractivity contribution < 1.29 is 4.74 Å². The van der Waals surface area contributed by atoms with Crippen LogP contribution < -0.4 is 9.64 Å². The summed E-state index contributed by atoms with van der Waals surface area (Å²) in [6.45, 7) is 9.44. The fourth-order valence-electron chi connectivity index (χ4n) is 9.87. The van der Waals surface area contributed by atoms with Crippen molar-refractivity contribution in [3.63, 3.8) is 0 Å². The van der Waals surface area contributed by atoms with E-state index in [1.165, 1.54) is 55.6 Å². The maximum Gasteiger partial charge on any atom is 0.135 e. The molecule has 1 heterocycles. The first kappa shape index (κ1) is 32.8. The van der Waals surface area contributed by atoms with Crippen LogP contribution in [-0.4, -0.2) is 0 Å². The molecule has 0 atom stereocenters. The molecule has 0 unspecified atom stereocenters. The van der Waals surface area contributed by atoms with Crippen molar-refractivity contribution in [3.8, 4) is 67.1 Å². The number of ether oxygens (including phenoxy) is 1. The molecule has 0 amide bonds. The molecular weight excluding hydrogens is 679 g/mol. The SMILES string of the molecule is CC1(C)c2ccccc2-c2ccc(N(c3ccc4c(c3)-c3ccccc3-c3c(cccc3-c3ccccc3)O4)c3ccc4c(c3)C(C)(C)c3ccccc3-4)cc21. The summed E-state index contributed by atoms with van der Waals surface area (Å²) in [7, 11) is 0. The quantitative estimate of drug-likeness (QED) is 0.180. The van der Waals surface area contributed by atoms with Crippen LogP contribution in [0.5, 0.6) is 11.5 Å². The van der Waals surface area contributed by atoms with E-state index >= 15 is 0 Å². The minimum Gasteiger partial charge on any atom is -0.456 e. The Morgan fingerprint density at radius 2 is 0.821 bits per heavy atom. The van der Waals surface area contributed by atoms with Crippen LogP contribution in [0.1, 0.15) is 49.9 Å². The molecule has 56 heavy (non-hydrogen) atoms. The maximum atomic E-state index is 6.92. The zero-order valence-corrected chi connectivity index (χ0v) is 32.1. The predicted molar refractivity (Wildman–Crippen MR) is 233 cm³/mol. The van der Waals surface area contributed by atoms with Crippen molar-refractivity contribution >= 4 is 17.1 Å². The van der Waals surface area contributed by atoms with Gasteiger partial charge < -0.3 is 9.64 Å². The van der Waals surface area contributed by atoms with E-state index in [0.717, 1.165) is 50.8 Å². The first-order valence-electron chi connectivity index (χ1n) is 19.7. The van der Waals surface area contributed by atoms with Gasteiger partial charge in [-0.05, 0) is 115 Å². The molecule has 0 spiro atoms. The largest absolute Gasteiger partial charge is 0.456 e. The summed E-state index contributed by atoms with van der Waals surface area (Å²) >= 11 is 0. The Hall–Kier alpha value is -6.64. The van der Waals surface area contributed by atoms with Crippen molar-refractivity contribution in [1.29, 1.82) is 0 Å². The lowest BCUT2D eigenvalue weighted by Gasteiger charge is -2.30. The topological polar surface area (TPSA) is 12.5 Å². The zero-order chi connectivity index (χ0) is 37.8. The van der Waals surface area contributed by atoms with Gasteiger partial charge in [0.05, 0.1) is 0 Å². The smallest absolute Gasteiger partial charge is 0.135 e.